The molecule has 27 heavy (non-hydrogen) atoms. The fourth-order valence-corrected chi connectivity index (χ4v) is 5.37. The van der Waals surface area contributed by atoms with Crippen molar-refractivity contribution in [3.8, 4) is 0 Å². The Kier molecular flexibility index (Phi) is 4.66. The van der Waals surface area contributed by atoms with Gasteiger partial charge in [-0.2, -0.15) is 13.4 Å². The summed E-state index contributed by atoms with van der Waals surface area (Å²) < 4.78 is 29.2. The van der Waals surface area contributed by atoms with Gasteiger partial charge in [-0.05, 0) is 48.1 Å². The van der Waals surface area contributed by atoms with Crippen LogP contribution in [0.25, 0.3) is 6.08 Å². The van der Waals surface area contributed by atoms with Gasteiger partial charge in [0.25, 0.3) is 15.9 Å². The summed E-state index contributed by atoms with van der Waals surface area (Å²) in [5, 5.41) is 1.14. The molecule has 10 heteroatoms. The Bertz CT molecular complexity index is 1160. The molecule has 1 saturated heterocycles. The van der Waals surface area contributed by atoms with Gasteiger partial charge in [0.05, 0.1) is 4.91 Å². The standard InChI is InChI=1S/C17H10BrN3O3S3/c18-11-5-3-4-10(8-11)9-13-16(22)21(17(25)26-13)19-15-12-6-1-2-7-14(12)27(23,24)20-15/h1-9H,(H,19,20)/b13-9-. The third kappa shape index (κ3) is 3.45. The van der Waals surface area contributed by atoms with Crippen LogP contribution in [0.2, 0.25) is 0 Å². The third-order valence-corrected chi connectivity index (χ3v) is 6.92. The minimum atomic E-state index is -3.78. The lowest BCUT2D eigenvalue weighted by molar-refractivity contribution is -0.123. The molecule has 2 aromatic carbocycles. The molecule has 2 aliphatic heterocycles. The summed E-state index contributed by atoms with van der Waals surface area (Å²) >= 11 is 9.80. The zero-order chi connectivity index (χ0) is 19.2. The molecular weight excluding hydrogens is 470 g/mol. The average Bonchev–Trinajstić information content (AvgIpc) is 3.03. The van der Waals surface area contributed by atoms with Crippen molar-refractivity contribution in [2.45, 2.75) is 4.90 Å². The molecule has 1 amide bonds. The Morgan fingerprint density at radius 2 is 1.96 bits per heavy atom. The Hall–Kier alpha value is -2.01. The molecule has 0 aliphatic carbocycles. The molecule has 4 rings (SSSR count). The number of thiocarbonyl (C=S) groups is 1. The molecule has 2 heterocycles. The van der Waals surface area contributed by atoms with E-state index in [-0.39, 0.29) is 21.0 Å². The highest BCUT2D eigenvalue weighted by molar-refractivity contribution is 9.10. The van der Waals surface area contributed by atoms with E-state index in [2.05, 4.69) is 25.8 Å². The van der Waals surface area contributed by atoms with E-state index in [9.17, 15) is 13.2 Å². The number of nitrogens with zero attached hydrogens (tertiary/aromatic N) is 2. The van der Waals surface area contributed by atoms with E-state index in [1.807, 2.05) is 24.3 Å². The van der Waals surface area contributed by atoms with Gasteiger partial charge >= 0.3 is 0 Å². The minimum Gasteiger partial charge on any atom is -0.272 e. The molecule has 0 aromatic heterocycles. The van der Waals surface area contributed by atoms with E-state index in [1.54, 1.807) is 24.3 Å². The molecule has 6 nitrogen and oxygen atoms in total. The molecule has 136 valence electrons. The lowest BCUT2D eigenvalue weighted by Gasteiger charge is -2.16. The van der Waals surface area contributed by atoms with Crippen LogP contribution in [-0.2, 0) is 14.8 Å². The maximum absolute atomic E-state index is 12.7. The molecule has 0 atom stereocenters. The highest BCUT2D eigenvalue weighted by Gasteiger charge is 2.36. The largest absolute Gasteiger partial charge is 0.285 e. The Morgan fingerprint density at radius 3 is 2.74 bits per heavy atom. The predicted molar refractivity (Wildman–Crippen MR) is 112 cm³/mol. The van der Waals surface area contributed by atoms with Crippen LogP contribution in [0, 0.1) is 0 Å². The number of carbonyl (C=O) groups excluding carboxylic acids is 1. The number of nitrogens with one attached hydrogen (secondary N) is 1. The number of thioether (sulfide) groups is 1. The summed E-state index contributed by atoms with van der Waals surface area (Å²) in [7, 11) is -3.78. The van der Waals surface area contributed by atoms with Crippen LogP contribution in [0.15, 0.2) is 67.2 Å². The zero-order valence-electron chi connectivity index (χ0n) is 13.4. The number of halogens is 1. The molecule has 0 spiro atoms. The van der Waals surface area contributed by atoms with Crippen molar-refractivity contribution < 1.29 is 13.2 Å². The van der Waals surface area contributed by atoms with Crippen molar-refractivity contribution in [2.75, 3.05) is 0 Å². The van der Waals surface area contributed by atoms with Gasteiger partial charge in [-0.25, -0.2) is 0 Å². The van der Waals surface area contributed by atoms with Crippen molar-refractivity contribution in [2.24, 2.45) is 4.40 Å². The van der Waals surface area contributed by atoms with E-state index in [1.165, 1.54) is 6.07 Å². The van der Waals surface area contributed by atoms with Crippen LogP contribution in [0.4, 0.5) is 0 Å². The molecule has 0 unspecified atom stereocenters. The van der Waals surface area contributed by atoms with Crippen LogP contribution in [-0.4, -0.2) is 29.5 Å². The van der Waals surface area contributed by atoms with Crippen molar-refractivity contribution >= 4 is 72.1 Å². The van der Waals surface area contributed by atoms with Gasteiger partial charge in [-0.3, -0.25) is 10.2 Å². The molecular formula is C17H10BrN3O3S3. The second-order valence-corrected chi connectivity index (χ2v) is 9.76. The normalized spacial score (nSPS) is 19.4. The molecule has 0 radical (unpaired) electrons. The molecule has 1 N–H and O–H groups in total. The van der Waals surface area contributed by atoms with Crippen molar-refractivity contribution in [1.29, 1.82) is 0 Å². The number of fused-ring (bicyclic) bond motifs is 1. The average molecular weight is 480 g/mol. The van der Waals surface area contributed by atoms with Gasteiger partial charge in [0.15, 0.2) is 10.2 Å². The van der Waals surface area contributed by atoms with E-state index in [0.29, 0.717) is 10.5 Å². The maximum Gasteiger partial charge on any atom is 0.285 e. The van der Waals surface area contributed by atoms with Gasteiger partial charge in [-0.15, -0.1) is 4.40 Å². The van der Waals surface area contributed by atoms with E-state index in [0.717, 1.165) is 26.8 Å². The summed E-state index contributed by atoms with van der Waals surface area (Å²) in [5.74, 6) is -0.292. The number of amidine groups is 1. The first-order chi connectivity index (χ1) is 12.8. The SMILES string of the molecule is O=C1/C(=C/c2cccc(Br)c2)SC(=S)N1NC1=NS(=O)(=O)c2ccccc21. The van der Waals surface area contributed by atoms with Gasteiger partial charge < -0.3 is 0 Å². The molecule has 1 fully saturated rings. The number of hydrazine groups is 1. The number of rotatable bonds is 2. The Balaban J connectivity index is 1.63. The van der Waals surface area contributed by atoms with Crippen LogP contribution < -0.4 is 5.43 Å². The van der Waals surface area contributed by atoms with Gasteiger partial charge in [0.2, 0.25) is 0 Å². The highest BCUT2D eigenvalue weighted by atomic mass is 79.9. The molecule has 0 saturated carbocycles. The number of amides is 1. The first-order valence-electron chi connectivity index (χ1n) is 7.60. The predicted octanol–water partition coefficient (Wildman–Crippen LogP) is 3.30. The first-order valence-corrected chi connectivity index (χ1v) is 11.1. The Morgan fingerprint density at radius 1 is 1.19 bits per heavy atom. The van der Waals surface area contributed by atoms with Crippen LogP contribution in [0.3, 0.4) is 0 Å². The highest BCUT2D eigenvalue weighted by Crippen LogP contribution is 2.33. The number of benzene rings is 2. The molecule has 0 bridgehead atoms. The quantitative estimate of drug-likeness (QED) is 0.525. The molecule has 2 aliphatic rings. The summed E-state index contributed by atoms with van der Waals surface area (Å²) in [5.41, 5.74) is 4.01. The van der Waals surface area contributed by atoms with Gasteiger partial charge in [-0.1, -0.05) is 52.0 Å². The smallest absolute Gasteiger partial charge is 0.272 e. The number of hydrogen-bond donors (Lipinski definition) is 1. The zero-order valence-corrected chi connectivity index (χ0v) is 17.5. The topological polar surface area (TPSA) is 78.8 Å². The summed E-state index contributed by atoms with van der Waals surface area (Å²) in [6.07, 6.45) is 1.73. The second-order valence-electron chi connectivity index (χ2n) is 5.60. The maximum atomic E-state index is 12.7. The van der Waals surface area contributed by atoms with Gasteiger partial charge in [0, 0.05) is 10.0 Å². The second kappa shape index (κ2) is 6.86. The summed E-state index contributed by atoms with van der Waals surface area (Å²) in [6, 6.07) is 13.9. The third-order valence-electron chi connectivity index (χ3n) is 3.79. The summed E-state index contributed by atoms with van der Waals surface area (Å²) in [4.78, 5) is 13.3. The van der Waals surface area contributed by atoms with E-state index in [4.69, 9.17) is 12.2 Å². The fourth-order valence-electron chi connectivity index (χ4n) is 2.60. The van der Waals surface area contributed by atoms with Crippen molar-refractivity contribution in [3.63, 3.8) is 0 Å². The number of hydrogen-bond acceptors (Lipinski definition) is 6. The molecule has 2 aromatic rings. The van der Waals surface area contributed by atoms with E-state index < -0.39 is 10.0 Å². The summed E-state index contributed by atoms with van der Waals surface area (Å²) in [6.45, 7) is 0. The first kappa shape index (κ1) is 18.4. The van der Waals surface area contributed by atoms with Crippen LogP contribution in [0.1, 0.15) is 11.1 Å². The van der Waals surface area contributed by atoms with Crippen LogP contribution in [0.5, 0.6) is 0 Å². The van der Waals surface area contributed by atoms with E-state index >= 15 is 0 Å². The van der Waals surface area contributed by atoms with Crippen molar-refractivity contribution in [3.05, 3.63) is 69.0 Å². The number of sulfonamides is 1. The van der Waals surface area contributed by atoms with Gasteiger partial charge in [0.1, 0.15) is 4.90 Å². The number of carbonyl (C=O) groups is 1. The van der Waals surface area contributed by atoms with Crippen LogP contribution >= 0.6 is 39.9 Å². The monoisotopic (exact) mass is 479 g/mol. The minimum absolute atomic E-state index is 0.0746. The fraction of sp³-hybridized carbons (Fsp3) is 0. The lowest BCUT2D eigenvalue weighted by atomic mass is 10.2. The Labute approximate surface area is 173 Å². The lowest BCUT2D eigenvalue weighted by Crippen LogP contribution is -2.44. The van der Waals surface area contributed by atoms with Crippen molar-refractivity contribution in [1.82, 2.24) is 10.4 Å².